The molecule has 0 bridgehead atoms. The fourth-order valence-corrected chi connectivity index (χ4v) is 2.29. The van der Waals surface area contributed by atoms with E-state index in [0.717, 1.165) is 11.8 Å². The summed E-state index contributed by atoms with van der Waals surface area (Å²) in [4.78, 5) is 14.7. The number of halogens is 3. The maximum absolute atomic E-state index is 12.9. The molecule has 3 rings (SSSR count). The number of H-pyrrole nitrogens is 1. The molecule has 0 aliphatic carbocycles. The number of hydrogen-bond donors (Lipinski definition) is 3. The molecule has 0 saturated carbocycles. The van der Waals surface area contributed by atoms with E-state index in [1.165, 1.54) is 12.1 Å². The van der Waals surface area contributed by atoms with Gasteiger partial charge in [0, 0.05) is 23.8 Å². The third-order valence-corrected chi connectivity index (χ3v) is 3.52. The first-order valence-electron chi connectivity index (χ1n) is 7.88. The quantitative estimate of drug-likeness (QED) is 0.479. The van der Waals surface area contributed by atoms with Gasteiger partial charge in [0.15, 0.2) is 11.7 Å². The second-order valence-corrected chi connectivity index (χ2v) is 5.61. The van der Waals surface area contributed by atoms with E-state index in [-0.39, 0.29) is 11.5 Å². The van der Waals surface area contributed by atoms with E-state index in [2.05, 4.69) is 25.3 Å². The summed E-state index contributed by atoms with van der Waals surface area (Å²) in [5, 5.41) is 11.1. The van der Waals surface area contributed by atoms with Gasteiger partial charge in [-0.05, 0) is 43.3 Å². The van der Waals surface area contributed by atoms with Crippen LogP contribution in [0.25, 0.3) is 0 Å². The molecule has 0 fully saturated rings. The maximum Gasteiger partial charge on any atom is 0.433 e. The summed E-state index contributed by atoms with van der Waals surface area (Å²) in [5.74, 6) is -0.126. The van der Waals surface area contributed by atoms with Crippen LogP contribution in [0.1, 0.15) is 22.8 Å². The van der Waals surface area contributed by atoms with Gasteiger partial charge in [0.05, 0.1) is 5.69 Å². The van der Waals surface area contributed by atoms with Gasteiger partial charge in [-0.1, -0.05) is 6.07 Å². The van der Waals surface area contributed by atoms with Gasteiger partial charge < -0.3 is 10.3 Å². The van der Waals surface area contributed by atoms with E-state index in [1.807, 2.05) is 6.92 Å². The van der Waals surface area contributed by atoms with Crippen LogP contribution in [0.2, 0.25) is 0 Å². The molecule has 27 heavy (non-hydrogen) atoms. The predicted molar refractivity (Wildman–Crippen MR) is 96.0 cm³/mol. The number of amidine groups is 2. The van der Waals surface area contributed by atoms with E-state index in [9.17, 15) is 13.2 Å². The number of anilines is 1. The summed E-state index contributed by atoms with van der Waals surface area (Å²) in [5.41, 5.74) is 0.781. The Morgan fingerprint density at radius 1 is 1.19 bits per heavy atom. The Hall–Kier alpha value is -3.49. The van der Waals surface area contributed by atoms with Crippen LogP contribution in [-0.4, -0.2) is 26.6 Å². The minimum atomic E-state index is -4.59. The molecule has 6 nitrogen and oxygen atoms in total. The predicted octanol–water partition coefficient (Wildman–Crippen LogP) is 4.02. The number of aromatic amines is 1. The lowest BCUT2D eigenvalue weighted by molar-refractivity contribution is -0.141. The maximum atomic E-state index is 12.9. The molecule has 3 heterocycles. The molecule has 0 aromatic carbocycles. The van der Waals surface area contributed by atoms with Crippen LogP contribution in [0.15, 0.2) is 59.9 Å². The Balaban J connectivity index is 1.95. The first-order chi connectivity index (χ1) is 12.8. The van der Waals surface area contributed by atoms with Crippen molar-refractivity contribution in [2.45, 2.75) is 13.1 Å². The number of nitrogens with zero attached hydrogens (tertiary/aromatic N) is 3. The Labute approximate surface area is 152 Å². The number of hydrogen-bond acceptors (Lipinski definition) is 3. The molecule has 9 heteroatoms. The molecule has 0 aliphatic heterocycles. The van der Waals surface area contributed by atoms with Crippen molar-refractivity contribution in [2.75, 3.05) is 5.32 Å². The highest BCUT2D eigenvalue weighted by Gasteiger charge is 2.32. The molecule has 3 N–H and O–H groups in total. The largest absolute Gasteiger partial charge is 0.433 e. The number of aliphatic imine (C=N–C) groups is 1. The third kappa shape index (κ3) is 4.57. The molecule has 0 aliphatic rings. The molecule has 0 atom stereocenters. The average Bonchev–Trinajstić information content (AvgIpc) is 3.15. The normalized spacial score (nSPS) is 12.1. The van der Waals surface area contributed by atoms with Crippen molar-refractivity contribution in [1.29, 1.82) is 5.41 Å². The zero-order valence-corrected chi connectivity index (χ0v) is 14.2. The van der Waals surface area contributed by atoms with Crippen molar-refractivity contribution in [2.24, 2.45) is 4.99 Å². The second-order valence-electron chi connectivity index (χ2n) is 5.61. The summed E-state index contributed by atoms with van der Waals surface area (Å²) < 4.78 is 38.6. The fourth-order valence-electron chi connectivity index (χ4n) is 2.29. The van der Waals surface area contributed by atoms with Crippen LogP contribution in [0.4, 0.5) is 18.9 Å². The Bertz CT molecular complexity index is 977. The van der Waals surface area contributed by atoms with Gasteiger partial charge >= 0.3 is 6.18 Å². The summed E-state index contributed by atoms with van der Waals surface area (Å²) in [6.07, 6.45) is -1.30. The van der Waals surface area contributed by atoms with Crippen LogP contribution in [0.3, 0.4) is 0 Å². The summed E-state index contributed by atoms with van der Waals surface area (Å²) in [6, 6.07) is 10.3. The zero-order valence-electron chi connectivity index (χ0n) is 14.2. The van der Waals surface area contributed by atoms with E-state index in [4.69, 9.17) is 5.41 Å². The first-order valence-corrected chi connectivity index (χ1v) is 7.88. The van der Waals surface area contributed by atoms with Gasteiger partial charge in [-0.3, -0.25) is 10.4 Å². The van der Waals surface area contributed by atoms with Crippen molar-refractivity contribution in [3.63, 3.8) is 0 Å². The lowest BCUT2D eigenvalue weighted by Crippen LogP contribution is -2.18. The zero-order chi connectivity index (χ0) is 19.4. The summed E-state index contributed by atoms with van der Waals surface area (Å²) >= 11 is 0. The molecular weight excluding hydrogens is 357 g/mol. The SMILES string of the molecule is Cc1cc(N/C(=N/C(=N)c2cccc(C(F)(F)F)n2)c2ccc[nH]2)ccn1. The third-order valence-electron chi connectivity index (χ3n) is 3.52. The van der Waals surface area contributed by atoms with Crippen molar-refractivity contribution >= 4 is 17.4 Å². The molecule has 0 spiro atoms. The van der Waals surface area contributed by atoms with Crippen LogP contribution >= 0.6 is 0 Å². The highest BCUT2D eigenvalue weighted by molar-refractivity contribution is 6.14. The molecule has 0 unspecified atom stereocenters. The van der Waals surface area contributed by atoms with Crippen molar-refractivity contribution in [3.05, 3.63) is 77.6 Å². The van der Waals surface area contributed by atoms with Gasteiger partial charge in [-0.15, -0.1) is 0 Å². The topological polar surface area (TPSA) is 89.8 Å². The molecular formula is C18H15F3N6. The van der Waals surface area contributed by atoms with E-state index >= 15 is 0 Å². The van der Waals surface area contributed by atoms with Crippen molar-refractivity contribution in [3.8, 4) is 0 Å². The monoisotopic (exact) mass is 372 g/mol. The number of aromatic nitrogens is 3. The Morgan fingerprint density at radius 2 is 2.00 bits per heavy atom. The first kappa shape index (κ1) is 18.3. The molecule has 0 saturated heterocycles. The Morgan fingerprint density at radius 3 is 2.67 bits per heavy atom. The van der Waals surface area contributed by atoms with E-state index in [1.54, 1.807) is 36.7 Å². The second kappa shape index (κ2) is 7.40. The molecule has 3 aromatic heterocycles. The van der Waals surface area contributed by atoms with Gasteiger partial charge in [-0.25, -0.2) is 9.98 Å². The van der Waals surface area contributed by atoms with Gasteiger partial charge in [-0.2, -0.15) is 13.2 Å². The Kier molecular flexibility index (Phi) is 5.02. The van der Waals surface area contributed by atoms with Gasteiger partial charge in [0.25, 0.3) is 0 Å². The number of rotatable bonds is 3. The summed E-state index contributed by atoms with van der Waals surface area (Å²) in [6.45, 7) is 1.82. The highest BCUT2D eigenvalue weighted by Crippen LogP contribution is 2.27. The van der Waals surface area contributed by atoms with Gasteiger partial charge in [0.2, 0.25) is 0 Å². The smallest absolute Gasteiger partial charge is 0.359 e. The van der Waals surface area contributed by atoms with Crippen LogP contribution in [0, 0.1) is 12.3 Å². The molecule has 3 aromatic rings. The number of alkyl halides is 3. The fraction of sp³-hybridized carbons (Fsp3) is 0.111. The minimum absolute atomic E-state index is 0.179. The van der Waals surface area contributed by atoms with Crippen molar-refractivity contribution < 1.29 is 13.2 Å². The van der Waals surface area contributed by atoms with Crippen LogP contribution in [0.5, 0.6) is 0 Å². The molecule has 0 amide bonds. The number of pyridine rings is 2. The standard InChI is InChI=1S/C18H15F3N6/c1-11-10-12(7-9-23-11)25-17(14-5-3-8-24-14)27-16(22)13-4-2-6-15(26-13)18(19,20)21/h2-10,24H,1H3,(H2,22,23,25,27). The van der Waals surface area contributed by atoms with Crippen LogP contribution < -0.4 is 5.32 Å². The van der Waals surface area contributed by atoms with Gasteiger partial charge in [0.1, 0.15) is 11.4 Å². The average molecular weight is 372 g/mol. The lowest BCUT2D eigenvalue weighted by Gasteiger charge is -2.10. The number of nitrogens with one attached hydrogen (secondary N) is 3. The van der Waals surface area contributed by atoms with Crippen molar-refractivity contribution in [1.82, 2.24) is 15.0 Å². The van der Waals surface area contributed by atoms with E-state index in [0.29, 0.717) is 11.4 Å². The minimum Gasteiger partial charge on any atom is -0.359 e. The molecule has 0 radical (unpaired) electrons. The lowest BCUT2D eigenvalue weighted by atomic mass is 10.2. The highest BCUT2D eigenvalue weighted by atomic mass is 19.4. The van der Waals surface area contributed by atoms with E-state index < -0.39 is 17.7 Å². The number of aryl methyl sites for hydroxylation is 1. The van der Waals surface area contributed by atoms with Crippen LogP contribution in [-0.2, 0) is 6.18 Å². The molecule has 138 valence electrons. The summed E-state index contributed by atoms with van der Waals surface area (Å²) in [7, 11) is 0.